The zero-order valence-corrected chi connectivity index (χ0v) is 11.7. The molecule has 6 nitrogen and oxygen atoms in total. The summed E-state index contributed by atoms with van der Waals surface area (Å²) in [4.78, 5) is 12.2. The number of nitrogens with two attached hydrogens (primary N) is 1. The molecule has 20 heavy (non-hydrogen) atoms. The van der Waals surface area contributed by atoms with Gasteiger partial charge in [0.2, 0.25) is 0 Å². The summed E-state index contributed by atoms with van der Waals surface area (Å²) in [7, 11) is 0. The number of esters is 1. The maximum atomic E-state index is 12.2. The van der Waals surface area contributed by atoms with Gasteiger partial charge >= 0.3 is 5.97 Å². The van der Waals surface area contributed by atoms with Gasteiger partial charge in [0, 0.05) is 6.07 Å². The lowest BCUT2D eigenvalue weighted by Gasteiger charge is -2.23. The predicted octanol–water partition coefficient (Wildman–Crippen LogP) is 2.01. The second-order valence-corrected chi connectivity index (χ2v) is 4.26. The lowest BCUT2D eigenvalue weighted by molar-refractivity contribution is 0.0496. The first-order valence-electron chi connectivity index (χ1n) is 6.71. The van der Waals surface area contributed by atoms with Gasteiger partial charge in [-0.15, -0.1) is 0 Å². The molecule has 0 unspecified atom stereocenters. The Morgan fingerprint density at radius 3 is 2.80 bits per heavy atom. The molecule has 1 aliphatic rings. The Labute approximate surface area is 117 Å². The van der Waals surface area contributed by atoms with Gasteiger partial charge in [0.25, 0.3) is 0 Å². The van der Waals surface area contributed by atoms with Crippen molar-refractivity contribution in [2.45, 2.75) is 20.3 Å². The van der Waals surface area contributed by atoms with E-state index in [4.69, 9.17) is 24.7 Å². The van der Waals surface area contributed by atoms with E-state index in [1.54, 1.807) is 6.07 Å². The fraction of sp³-hybridized carbons (Fsp3) is 0.500. The number of hydrogen-bond acceptors (Lipinski definition) is 6. The number of fused-ring (bicyclic) bond motifs is 1. The molecule has 0 aliphatic carbocycles. The molecular weight excluding hydrogens is 262 g/mol. The van der Waals surface area contributed by atoms with Crippen molar-refractivity contribution in [2.75, 3.05) is 32.2 Å². The van der Waals surface area contributed by atoms with E-state index >= 15 is 0 Å². The van der Waals surface area contributed by atoms with Gasteiger partial charge in [0.05, 0.1) is 18.9 Å². The number of carbonyl (C=O) groups excluding carboxylic acids is 1. The topological polar surface area (TPSA) is 80.0 Å². The Morgan fingerprint density at radius 2 is 2.10 bits per heavy atom. The van der Waals surface area contributed by atoms with Crippen LogP contribution in [0.15, 0.2) is 6.07 Å². The Bertz CT molecular complexity index is 501. The summed E-state index contributed by atoms with van der Waals surface area (Å²) in [6.45, 7) is 5.31. The van der Waals surface area contributed by atoms with Crippen LogP contribution in [0.4, 0.5) is 5.69 Å². The highest BCUT2D eigenvalue weighted by Gasteiger charge is 2.28. The standard InChI is InChI=1S/C14H19NO5/c1-3-5-20-14(16)11-12(15)9(17-4-2)8-10-13(11)19-7-6-18-10/h8H,3-7,15H2,1-2H3. The molecule has 2 rings (SSSR count). The molecule has 0 fully saturated rings. The minimum atomic E-state index is -0.521. The monoisotopic (exact) mass is 281 g/mol. The molecule has 1 aromatic carbocycles. The molecule has 0 spiro atoms. The van der Waals surface area contributed by atoms with Crippen LogP contribution < -0.4 is 19.9 Å². The number of rotatable bonds is 5. The Kier molecular flexibility index (Phi) is 4.55. The summed E-state index contributed by atoms with van der Waals surface area (Å²) in [5.41, 5.74) is 6.40. The second kappa shape index (κ2) is 6.36. The van der Waals surface area contributed by atoms with E-state index in [0.29, 0.717) is 43.7 Å². The number of hydrogen-bond donors (Lipinski definition) is 1. The van der Waals surface area contributed by atoms with Crippen molar-refractivity contribution in [2.24, 2.45) is 0 Å². The van der Waals surface area contributed by atoms with Crippen molar-refractivity contribution in [3.8, 4) is 17.2 Å². The smallest absolute Gasteiger partial charge is 0.344 e. The van der Waals surface area contributed by atoms with Gasteiger partial charge in [-0.2, -0.15) is 0 Å². The maximum Gasteiger partial charge on any atom is 0.344 e. The normalized spacial score (nSPS) is 12.9. The first-order valence-corrected chi connectivity index (χ1v) is 6.71. The molecule has 1 heterocycles. The maximum absolute atomic E-state index is 12.2. The van der Waals surface area contributed by atoms with Crippen molar-refractivity contribution >= 4 is 11.7 Å². The van der Waals surface area contributed by atoms with Crippen LogP contribution in [0.3, 0.4) is 0 Å². The number of anilines is 1. The van der Waals surface area contributed by atoms with Crippen molar-refractivity contribution < 1.29 is 23.7 Å². The van der Waals surface area contributed by atoms with E-state index in [9.17, 15) is 4.79 Å². The fourth-order valence-electron chi connectivity index (χ4n) is 1.92. The first kappa shape index (κ1) is 14.3. The van der Waals surface area contributed by atoms with Gasteiger partial charge in [-0.05, 0) is 13.3 Å². The number of carbonyl (C=O) groups is 1. The van der Waals surface area contributed by atoms with Crippen LogP contribution in [0.2, 0.25) is 0 Å². The molecule has 0 radical (unpaired) electrons. The van der Waals surface area contributed by atoms with E-state index in [-0.39, 0.29) is 11.3 Å². The van der Waals surface area contributed by atoms with Gasteiger partial charge in [-0.3, -0.25) is 0 Å². The van der Waals surface area contributed by atoms with Crippen molar-refractivity contribution in [1.29, 1.82) is 0 Å². The predicted molar refractivity (Wildman–Crippen MR) is 73.6 cm³/mol. The highest BCUT2D eigenvalue weighted by Crippen LogP contribution is 2.43. The van der Waals surface area contributed by atoms with Crippen LogP contribution in [0.25, 0.3) is 0 Å². The van der Waals surface area contributed by atoms with Crippen LogP contribution in [0.1, 0.15) is 30.6 Å². The largest absolute Gasteiger partial charge is 0.492 e. The van der Waals surface area contributed by atoms with E-state index < -0.39 is 5.97 Å². The number of ether oxygens (including phenoxy) is 4. The Morgan fingerprint density at radius 1 is 1.35 bits per heavy atom. The summed E-state index contributed by atoms with van der Waals surface area (Å²) in [5.74, 6) is 0.670. The molecule has 0 saturated carbocycles. The zero-order chi connectivity index (χ0) is 14.5. The van der Waals surface area contributed by atoms with Crippen molar-refractivity contribution in [3.05, 3.63) is 11.6 Å². The summed E-state index contributed by atoms with van der Waals surface area (Å²) >= 11 is 0. The Balaban J connectivity index is 2.45. The molecule has 1 aromatic rings. The average Bonchev–Trinajstić information content (AvgIpc) is 2.46. The highest BCUT2D eigenvalue weighted by molar-refractivity contribution is 6.01. The molecule has 6 heteroatoms. The zero-order valence-electron chi connectivity index (χ0n) is 11.7. The highest BCUT2D eigenvalue weighted by atomic mass is 16.6. The SMILES string of the molecule is CCCOC(=O)c1c(N)c(OCC)cc2c1OCCO2. The van der Waals surface area contributed by atoms with E-state index in [2.05, 4.69) is 0 Å². The van der Waals surface area contributed by atoms with Crippen LogP contribution >= 0.6 is 0 Å². The molecule has 2 N–H and O–H groups in total. The molecule has 0 bridgehead atoms. The molecule has 0 saturated heterocycles. The van der Waals surface area contributed by atoms with Crippen molar-refractivity contribution in [3.63, 3.8) is 0 Å². The van der Waals surface area contributed by atoms with E-state index in [1.165, 1.54) is 0 Å². The van der Waals surface area contributed by atoms with Gasteiger partial charge in [0.1, 0.15) is 24.5 Å². The number of nitrogen functional groups attached to an aromatic ring is 1. The second-order valence-electron chi connectivity index (χ2n) is 4.26. The van der Waals surface area contributed by atoms with Crippen LogP contribution in [-0.2, 0) is 4.74 Å². The third kappa shape index (κ3) is 2.74. The quantitative estimate of drug-likeness (QED) is 0.657. The van der Waals surface area contributed by atoms with E-state index in [1.807, 2.05) is 13.8 Å². The summed E-state index contributed by atoms with van der Waals surface area (Å²) in [5, 5.41) is 0. The van der Waals surface area contributed by atoms with Crippen LogP contribution in [-0.4, -0.2) is 32.4 Å². The lowest BCUT2D eigenvalue weighted by atomic mass is 10.1. The van der Waals surface area contributed by atoms with Gasteiger partial charge in [-0.25, -0.2) is 4.79 Å². The molecule has 0 amide bonds. The molecule has 0 aromatic heterocycles. The average molecular weight is 281 g/mol. The lowest BCUT2D eigenvalue weighted by Crippen LogP contribution is -2.20. The number of benzene rings is 1. The summed E-state index contributed by atoms with van der Waals surface area (Å²) in [6.07, 6.45) is 0.732. The minimum Gasteiger partial charge on any atom is -0.492 e. The molecular formula is C14H19NO5. The summed E-state index contributed by atoms with van der Waals surface area (Å²) in [6, 6.07) is 1.64. The third-order valence-corrected chi connectivity index (χ3v) is 2.78. The minimum absolute atomic E-state index is 0.180. The summed E-state index contributed by atoms with van der Waals surface area (Å²) < 4.78 is 21.6. The van der Waals surface area contributed by atoms with E-state index in [0.717, 1.165) is 6.42 Å². The molecule has 1 aliphatic heterocycles. The van der Waals surface area contributed by atoms with Gasteiger partial charge < -0.3 is 24.7 Å². The fourth-order valence-corrected chi connectivity index (χ4v) is 1.92. The first-order chi connectivity index (χ1) is 9.69. The van der Waals surface area contributed by atoms with Crippen molar-refractivity contribution in [1.82, 2.24) is 0 Å². The van der Waals surface area contributed by atoms with Gasteiger partial charge in [-0.1, -0.05) is 6.92 Å². The Hall–Kier alpha value is -2.11. The molecule has 110 valence electrons. The van der Waals surface area contributed by atoms with Crippen LogP contribution in [0, 0.1) is 0 Å². The molecule has 0 atom stereocenters. The van der Waals surface area contributed by atoms with Gasteiger partial charge in [0.15, 0.2) is 11.5 Å². The third-order valence-electron chi connectivity index (χ3n) is 2.78. The van der Waals surface area contributed by atoms with Crippen LogP contribution in [0.5, 0.6) is 17.2 Å².